The lowest BCUT2D eigenvalue weighted by molar-refractivity contribution is -0.590. The van der Waals surface area contributed by atoms with Crippen molar-refractivity contribution in [3.63, 3.8) is 0 Å². The number of likely N-dealkylation sites (tertiary alicyclic amines) is 2. The van der Waals surface area contributed by atoms with Gasteiger partial charge >= 0.3 is 5.82 Å². The first-order valence-corrected chi connectivity index (χ1v) is 23.7. The van der Waals surface area contributed by atoms with Gasteiger partial charge in [0.05, 0.1) is 64.2 Å². The number of piperidine rings is 2. The maximum atomic E-state index is 16.7. The number of nitrogens with zero attached hydrogens (tertiary/aromatic N) is 11. The summed E-state index contributed by atoms with van der Waals surface area (Å²) in [4.78, 5) is 68.2. The Kier molecular flexibility index (Phi) is 12.0. The first-order chi connectivity index (χ1) is 35.5. The number of Topliss-reactive ketones (excluding diaryl/α,β-unsaturated/α-hetero) is 2. The van der Waals surface area contributed by atoms with E-state index in [0.717, 1.165) is 11.8 Å². The van der Waals surface area contributed by atoms with Crippen molar-refractivity contribution < 1.29 is 37.6 Å². The molecule has 0 aliphatic carbocycles. The summed E-state index contributed by atoms with van der Waals surface area (Å²) >= 11 is 0. The van der Waals surface area contributed by atoms with Crippen LogP contribution in [0.1, 0.15) is 69.0 Å². The number of aliphatic hydroxyl groups is 1. The van der Waals surface area contributed by atoms with Gasteiger partial charge < -0.3 is 24.9 Å². The van der Waals surface area contributed by atoms with Crippen molar-refractivity contribution in [2.75, 3.05) is 26.2 Å². The summed E-state index contributed by atoms with van der Waals surface area (Å²) in [5.41, 5.74) is 0.942. The van der Waals surface area contributed by atoms with Gasteiger partial charge in [0, 0.05) is 43.8 Å². The highest BCUT2D eigenvalue weighted by molar-refractivity contribution is 6.45. The minimum atomic E-state index is -1.59. The highest BCUT2D eigenvalue weighted by Gasteiger charge is 2.43. The maximum Gasteiger partial charge on any atom is 0.338 e. The Bertz CT molecular complexity index is 3580. The van der Waals surface area contributed by atoms with Crippen molar-refractivity contribution in [2.24, 2.45) is 11.8 Å². The van der Waals surface area contributed by atoms with Crippen LogP contribution in [0.25, 0.3) is 39.1 Å². The van der Waals surface area contributed by atoms with Gasteiger partial charge in [-0.1, -0.05) is 82.7 Å². The van der Waals surface area contributed by atoms with Crippen LogP contribution in [0.5, 0.6) is 0 Å². The largest absolute Gasteiger partial charge is 0.380 e. The van der Waals surface area contributed by atoms with Crippen molar-refractivity contribution in [1.82, 2.24) is 54.7 Å². The van der Waals surface area contributed by atoms with E-state index in [9.17, 15) is 29.5 Å². The molecule has 2 aliphatic rings. The number of rotatable bonds is 12. The van der Waals surface area contributed by atoms with Gasteiger partial charge in [0.2, 0.25) is 0 Å². The normalized spacial score (nSPS) is 15.8. The van der Waals surface area contributed by atoms with Crippen LogP contribution in [0.3, 0.4) is 0 Å². The molecule has 2 aliphatic heterocycles. The zero-order valence-electron chi connectivity index (χ0n) is 38.8. The zero-order chi connectivity index (χ0) is 50.4. The number of nitriles is 1. The Morgan fingerprint density at radius 3 is 1.85 bits per heavy atom. The molecule has 11 rings (SSSR count). The SMILES string of the molecule is N#CC(c1ccccc1)C1CCN(C(=O)C(=O)c2c[nH]c3c(-n4ccnn4)[n+](-c4ccc(C(O)(c5ccccc5)C5CCN(C(=O)C(=O)c6c[nH]c7c(-n8ccnn8)ncc(F)c67)CC5)cc4)cc(F)c23)CC1. The molecule has 8 heterocycles. The Morgan fingerprint density at radius 2 is 1.26 bits per heavy atom. The average molecular weight is 981 g/mol. The standard InChI is InChI=1S/C53H43F2N13O5/c54-41-30-59-49(67-25-19-60-62-67)45-43(41)39(28-57-45)47(69)52(72)65-23-17-36(18-24-65)53(73,34-9-5-2-6-10-34)35-11-13-37(14-12-35)66-31-42(55)44-40(29-58-46(44)50(66)68-26-20-61-63-68)48(70)51(71)64-21-15-33(16-22-64)38(27-56)32-7-3-1-4-8-32/h1-14,19-20,25-26,28-31,33,36,38,73H,15-18,21-24H2,(H,57,59,69)/p+1. The lowest BCUT2D eigenvalue weighted by atomic mass is 9.72. The number of hydrogen-bond acceptors (Lipinski definition) is 11. The summed E-state index contributed by atoms with van der Waals surface area (Å²) in [6.07, 6.45) is 12.4. The van der Waals surface area contributed by atoms with Gasteiger partial charge in [0.25, 0.3) is 23.4 Å². The third-order valence-electron chi connectivity index (χ3n) is 14.4. The number of aromatic amines is 2. The minimum absolute atomic E-state index is 0.00136. The van der Waals surface area contributed by atoms with E-state index in [1.807, 2.05) is 60.7 Å². The van der Waals surface area contributed by atoms with Crippen LogP contribution in [-0.4, -0.2) is 109 Å². The number of halogens is 2. The molecule has 3 N–H and O–H groups in total. The average Bonchev–Trinajstić information content (AvgIpc) is 4.31. The quantitative estimate of drug-likeness (QED) is 0.0748. The van der Waals surface area contributed by atoms with E-state index in [1.165, 1.54) is 60.9 Å². The predicted molar refractivity (Wildman–Crippen MR) is 257 cm³/mol. The van der Waals surface area contributed by atoms with E-state index in [1.54, 1.807) is 30.5 Å². The molecular formula is C53H44F2N13O5+. The van der Waals surface area contributed by atoms with Gasteiger partial charge in [-0.05, 0) is 66.3 Å². The molecule has 18 nitrogen and oxygen atoms in total. The van der Waals surface area contributed by atoms with Crippen molar-refractivity contribution in [2.45, 2.75) is 37.2 Å². The van der Waals surface area contributed by atoms with Gasteiger partial charge in [-0.3, -0.25) is 19.2 Å². The maximum absolute atomic E-state index is 16.7. The van der Waals surface area contributed by atoms with Gasteiger partial charge in [-0.15, -0.1) is 10.2 Å². The van der Waals surface area contributed by atoms with Crippen LogP contribution >= 0.6 is 0 Å². The summed E-state index contributed by atoms with van der Waals surface area (Å²) in [6, 6.07) is 27.9. The smallest absolute Gasteiger partial charge is 0.338 e. The number of ketones is 2. The summed E-state index contributed by atoms with van der Waals surface area (Å²) < 4.78 is 36.1. The first kappa shape index (κ1) is 46.3. The Hall–Kier alpha value is -9.09. The van der Waals surface area contributed by atoms with E-state index in [2.05, 4.69) is 41.6 Å². The van der Waals surface area contributed by atoms with E-state index < -0.39 is 46.5 Å². The van der Waals surface area contributed by atoms with Crippen LogP contribution in [0.4, 0.5) is 8.78 Å². The number of hydrogen-bond donors (Lipinski definition) is 3. The van der Waals surface area contributed by atoms with E-state index >= 15 is 8.78 Å². The fourth-order valence-electron chi connectivity index (χ4n) is 10.7. The molecule has 0 bridgehead atoms. The molecule has 3 aromatic carbocycles. The molecule has 0 spiro atoms. The van der Waals surface area contributed by atoms with Crippen molar-refractivity contribution >= 4 is 45.2 Å². The molecule has 2 amide bonds. The molecule has 20 heteroatoms. The summed E-state index contributed by atoms with van der Waals surface area (Å²) in [5.74, 6) is -5.24. The highest BCUT2D eigenvalue weighted by atomic mass is 19.1. The lowest BCUT2D eigenvalue weighted by Gasteiger charge is -2.42. The molecule has 73 heavy (non-hydrogen) atoms. The van der Waals surface area contributed by atoms with Gasteiger partial charge in [-0.25, -0.2) is 18.4 Å². The zero-order valence-corrected chi connectivity index (χ0v) is 38.8. The highest BCUT2D eigenvalue weighted by Crippen LogP contribution is 2.43. The van der Waals surface area contributed by atoms with Gasteiger partial charge in [0.15, 0.2) is 17.5 Å². The van der Waals surface area contributed by atoms with Gasteiger partial charge in [-0.2, -0.15) is 9.83 Å². The molecule has 6 aromatic heterocycles. The predicted octanol–water partition coefficient (Wildman–Crippen LogP) is 5.85. The first-order valence-electron chi connectivity index (χ1n) is 23.7. The van der Waals surface area contributed by atoms with Crippen molar-refractivity contribution in [1.29, 1.82) is 5.26 Å². The number of aromatic nitrogens is 10. The summed E-state index contributed by atoms with van der Waals surface area (Å²) in [6.45, 7) is 0.787. The monoisotopic (exact) mass is 980 g/mol. The van der Waals surface area contributed by atoms with Crippen molar-refractivity contribution in [3.8, 4) is 23.4 Å². The number of H-pyrrole nitrogens is 2. The Balaban J connectivity index is 0.842. The topological polar surface area (TPSA) is 229 Å². The molecule has 2 fully saturated rings. The molecule has 9 aromatic rings. The summed E-state index contributed by atoms with van der Waals surface area (Å²) in [5, 5.41) is 38.6. The Labute approximate surface area is 414 Å². The summed E-state index contributed by atoms with van der Waals surface area (Å²) in [7, 11) is 0. The van der Waals surface area contributed by atoms with Gasteiger partial charge in [0.1, 0.15) is 29.2 Å². The second-order valence-electron chi connectivity index (χ2n) is 18.3. The molecular weight excluding hydrogens is 937 g/mol. The number of fused-ring (bicyclic) bond motifs is 2. The molecule has 0 radical (unpaired) electrons. The van der Waals surface area contributed by atoms with Crippen molar-refractivity contribution in [3.05, 3.63) is 174 Å². The van der Waals surface area contributed by atoms with E-state index in [4.69, 9.17) is 0 Å². The number of nitrogens with one attached hydrogen (secondary N) is 2. The molecule has 364 valence electrons. The minimum Gasteiger partial charge on any atom is -0.380 e. The van der Waals surface area contributed by atoms with Crippen LogP contribution in [-0.2, 0) is 15.2 Å². The molecule has 2 unspecified atom stereocenters. The third kappa shape index (κ3) is 8.08. The molecule has 2 atom stereocenters. The van der Waals surface area contributed by atoms with Crippen LogP contribution in [0.2, 0.25) is 0 Å². The number of benzene rings is 3. The lowest BCUT2D eigenvalue weighted by Crippen LogP contribution is -2.47. The number of pyridine rings is 2. The van der Waals surface area contributed by atoms with Crippen LogP contribution in [0.15, 0.2) is 135 Å². The number of carbonyl (C=O) groups excluding carboxylic acids is 4. The van der Waals surface area contributed by atoms with Crippen LogP contribution in [0, 0.1) is 34.8 Å². The second kappa shape index (κ2) is 18.9. The fraction of sp³-hybridized carbons (Fsp3) is 0.226. The molecule has 2 saturated heterocycles. The molecule has 0 saturated carbocycles. The van der Waals surface area contributed by atoms with E-state index in [-0.39, 0.29) is 82.6 Å². The van der Waals surface area contributed by atoms with E-state index in [0.29, 0.717) is 42.5 Å². The number of amides is 2. The Morgan fingerprint density at radius 1 is 0.712 bits per heavy atom. The fourth-order valence-corrected chi connectivity index (χ4v) is 10.7. The number of carbonyl (C=O) groups is 4. The third-order valence-corrected chi connectivity index (χ3v) is 14.4. The second-order valence-corrected chi connectivity index (χ2v) is 18.3. The van der Waals surface area contributed by atoms with Crippen LogP contribution < -0.4 is 4.57 Å².